The summed E-state index contributed by atoms with van der Waals surface area (Å²) in [6.07, 6.45) is 3.71. The van der Waals surface area contributed by atoms with E-state index < -0.39 is 0 Å². The first-order valence-corrected chi connectivity index (χ1v) is 6.37. The lowest BCUT2D eigenvalue weighted by molar-refractivity contribution is 0.103. The van der Waals surface area contributed by atoms with Crippen LogP contribution < -0.4 is 5.32 Å². The number of ether oxygens (including phenoxy) is 1. The van der Waals surface area contributed by atoms with Gasteiger partial charge in [-0.1, -0.05) is 12.1 Å². The van der Waals surface area contributed by atoms with Crippen molar-refractivity contribution in [2.75, 3.05) is 19.7 Å². The summed E-state index contributed by atoms with van der Waals surface area (Å²) < 4.78 is 18.3. The molecule has 1 unspecified atom stereocenters. The third kappa shape index (κ3) is 5.34. The van der Waals surface area contributed by atoms with Gasteiger partial charge in [0.15, 0.2) is 0 Å². The highest BCUT2D eigenvalue weighted by atomic mass is 35.5. The lowest BCUT2D eigenvalue weighted by atomic mass is 9.97. The fraction of sp³-hybridized carbons (Fsp3) is 0.571. The third-order valence-electron chi connectivity index (χ3n) is 3.25. The van der Waals surface area contributed by atoms with Crippen molar-refractivity contribution in [1.29, 1.82) is 0 Å². The Morgan fingerprint density at radius 2 is 2.06 bits per heavy atom. The van der Waals surface area contributed by atoms with E-state index in [0.717, 1.165) is 37.6 Å². The largest absolute Gasteiger partial charge is 0.377 e. The van der Waals surface area contributed by atoms with Crippen LogP contribution in [0.4, 0.5) is 4.39 Å². The lowest BCUT2D eigenvalue weighted by Crippen LogP contribution is -2.30. The van der Waals surface area contributed by atoms with Gasteiger partial charge >= 0.3 is 0 Å². The molecule has 1 atom stereocenters. The first-order valence-electron chi connectivity index (χ1n) is 6.37. The second-order valence-electron chi connectivity index (χ2n) is 4.68. The van der Waals surface area contributed by atoms with Gasteiger partial charge < -0.3 is 10.1 Å². The van der Waals surface area contributed by atoms with Crippen molar-refractivity contribution in [3.8, 4) is 0 Å². The van der Waals surface area contributed by atoms with Gasteiger partial charge in [-0.3, -0.25) is 0 Å². The third-order valence-corrected chi connectivity index (χ3v) is 3.25. The molecule has 1 aliphatic rings. The van der Waals surface area contributed by atoms with Gasteiger partial charge in [-0.05, 0) is 56.0 Å². The van der Waals surface area contributed by atoms with Crippen molar-refractivity contribution in [2.24, 2.45) is 5.92 Å². The van der Waals surface area contributed by atoms with Crippen LogP contribution in [0.15, 0.2) is 24.3 Å². The smallest absolute Gasteiger partial charge is 0.123 e. The summed E-state index contributed by atoms with van der Waals surface area (Å²) >= 11 is 0. The Hall–Kier alpha value is -0.640. The van der Waals surface area contributed by atoms with Gasteiger partial charge in [-0.2, -0.15) is 0 Å². The number of nitrogens with one attached hydrogen (secondary N) is 1. The average molecular weight is 274 g/mol. The predicted octanol–water partition coefficient (Wildman–Crippen LogP) is 3.15. The van der Waals surface area contributed by atoms with Crippen molar-refractivity contribution >= 4 is 12.4 Å². The maximum Gasteiger partial charge on any atom is 0.123 e. The molecule has 1 fully saturated rings. The first kappa shape index (κ1) is 15.4. The van der Waals surface area contributed by atoms with Crippen LogP contribution in [0.1, 0.15) is 24.8 Å². The molecule has 102 valence electrons. The monoisotopic (exact) mass is 273 g/mol. The van der Waals surface area contributed by atoms with E-state index in [1.165, 1.54) is 25.0 Å². The van der Waals surface area contributed by atoms with Gasteiger partial charge in [-0.15, -0.1) is 12.4 Å². The van der Waals surface area contributed by atoms with Gasteiger partial charge in [0.1, 0.15) is 5.82 Å². The molecule has 0 aliphatic carbocycles. The summed E-state index contributed by atoms with van der Waals surface area (Å²) in [5.41, 5.74) is 1.04. The quantitative estimate of drug-likeness (QED) is 0.832. The standard InChI is InChI=1S/C14H20FNO.ClH/c15-14-5-3-13(4-6-14)11-17-9-7-12-2-1-8-16-10-12;/h3-6,12,16H,1-2,7-11H2;1H. The molecule has 0 radical (unpaired) electrons. The number of rotatable bonds is 5. The number of hydrogen-bond donors (Lipinski definition) is 1. The molecule has 2 rings (SSSR count). The zero-order valence-electron chi connectivity index (χ0n) is 10.5. The fourth-order valence-corrected chi connectivity index (χ4v) is 2.19. The molecule has 1 N–H and O–H groups in total. The molecule has 1 aromatic carbocycles. The molecule has 1 heterocycles. The van der Waals surface area contributed by atoms with Gasteiger partial charge in [0, 0.05) is 6.61 Å². The molecule has 1 aromatic rings. The van der Waals surface area contributed by atoms with Crippen molar-refractivity contribution in [3.05, 3.63) is 35.6 Å². The van der Waals surface area contributed by atoms with Crippen LogP contribution in [-0.2, 0) is 11.3 Å². The van der Waals surface area contributed by atoms with Crippen LogP contribution in [0, 0.1) is 11.7 Å². The number of hydrogen-bond acceptors (Lipinski definition) is 2. The summed E-state index contributed by atoms with van der Waals surface area (Å²) in [5, 5.41) is 3.40. The number of benzene rings is 1. The lowest BCUT2D eigenvalue weighted by Gasteiger charge is -2.22. The van der Waals surface area contributed by atoms with E-state index in [1.54, 1.807) is 12.1 Å². The highest BCUT2D eigenvalue weighted by Crippen LogP contribution is 2.14. The molecule has 0 amide bonds. The van der Waals surface area contributed by atoms with Crippen LogP contribution in [0.2, 0.25) is 0 Å². The fourth-order valence-electron chi connectivity index (χ4n) is 2.19. The van der Waals surface area contributed by atoms with E-state index in [0.29, 0.717) is 6.61 Å². The Labute approximate surface area is 114 Å². The van der Waals surface area contributed by atoms with E-state index >= 15 is 0 Å². The zero-order valence-corrected chi connectivity index (χ0v) is 11.3. The highest BCUT2D eigenvalue weighted by Gasteiger charge is 2.12. The Kier molecular flexibility index (Phi) is 7.25. The van der Waals surface area contributed by atoms with Crippen molar-refractivity contribution in [3.63, 3.8) is 0 Å². The van der Waals surface area contributed by atoms with Crippen LogP contribution in [0.25, 0.3) is 0 Å². The van der Waals surface area contributed by atoms with Crippen LogP contribution >= 0.6 is 12.4 Å². The summed E-state index contributed by atoms with van der Waals surface area (Å²) in [4.78, 5) is 0. The minimum absolute atomic E-state index is 0. The Morgan fingerprint density at radius 1 is 1.28 bits per heavy atom. The molecule has 1 saturated heterocycles. The molecule has 0 spiro atoms. The molecule has 0 aromatic heterocycles. The molecule has 18 heavy (non-hydrogen) atoms. The summed E-state index contributed by atoms with van der Waals surface area (Å²) in [7, 11) is 0. The van der Waals surface area contributed by atoms with Crippen molar-refractivity contribution in [1.82, 2.24) is 5.32 Å². The van der Waals surface area contributed by atoms with Crippen LogP contribution in [0.3, 0.4) is 0 Å². The van der Waals surface area contributed by atoms with E-state index in [9.17, 15) is 4.39 Å². The zero-order chi connectivity index (χ0) is 11.9. The first-order chi connectivity index (χ1) is 8.34. The van der Waals surface area contributed by atoms with E-state index in [2.05, 4.69) is 5.32 Å². The molecular formula is C14H21ClFNO. The maximum absolute atomic E-state index is 12.7. The van der Waals surface area contributed by atoms with Crippen molar-refractivity contribution < 1.29 is 9.13 Å². The maximum atomic E-state index is 12.7. The van der Waals surface area contributed by atoms with E-state index in [1.807, 2.05) is 0 Å². The Bertz CT molecular complexity index is 325. The SMILES string of the molecule is Cl.Fc1ccc(COCCC2CCCNC2)cc1. The second kappa shape index (κ2) is 8.46. The van der Waals surface area contributed by atoms with E-state index in [4.69, 9.17) is 4.74 Å². The average Bonchev–Trinajstić information content (AvgIpc) is 2.38. The Balaban J connectivity index is 0.00000162. The molecule has 0 saturated carbocycles. The molecule has 2 nitrogen and oxygen atoms in total. The highest BCUT2D eigenvalue weighted by molar-refractivity contribution is 5.85. The van der Waals surface area contributed by atoms with Crippen LogP contribution in [0.5, 0.6) is 0 Å². The minimum atomic E-state index is -0.193. The van der Waals surface area contributed by atoms with Gasteiger partial charge in [-0.25, -0.2) is 4.39 Å². The van der Waals surface area contributed by atoms with Gasteiger partial charge in [0.05, 0.1) is 6.61 Å². The van der Waals surface area contributed by atoms with Gasteiger partial charge in [0.2, 0.25) is 0 Å². The molecular weight excluding hydrogens is 253 g/mol. The Morgan fingerprint density at radius 3 is 2.72 bits per heavy atom. The van der Waals surface area contributed by atoms with Gasteiger partial charge in [0.25, 0.3) is 0 Å². The molecule has 0 bridgehead atoms. The second-order valence-corrected chi connectivity index (χ2v) is 4.68. The number of halogens is 2. The topological polar surface area (TPSA) is 21.3 Å². The summed E-state index contributed by atoms with van der Waals surface area (Å²) in [6.45, 7) is 3.66. The summed E-state index contributed by atoms with van der Waals surface area (Å²) in [6, 6.07) is 6.50. The minimum Gasteiger partial charge on any atom is -0.377 e. The van der Waals surface area contributed by atoms with Crippen LogP contribution in [-0.4, -0.2) is 19.7 Å². The van der Waals surface area contributed by atoms with E-state index in [-0.39, 0.29) is 18.2 Å². The van der Waals surface area contributed by atoms with Crippen molar-refractivity contribution in [2.45, 2.75) is 25.9 Å². The summed E-state index contributed by atoms with van der Waals surface area (Å²) in [5.74, 6) is 0.569. The molecule has 4 heteroatoms. The normalized spacial score (nSPS) is 19.3. The predicted molar refractivity (Wildman–Crippen MR) is 73.5 cm³/mol. The molecule has 1 aliphatic heterocycles. The number of piperidine rings is 1.